The molecule has 2 N–H and O–H groups in total. The van der Waals surface area contributed by atoms with Crippen LogP contribution in [-0.2, 0) is 6.42 Å². The maximum absolute atomic E-state index is 12.9. The van der Waals surface area contributed by atoms with E-state index in [0.29, 0.717) is 36.1 Å². The van der Waals surface area contributed by atoms with Crippen LogP contribution in [0.2, 0.25) is 0 Å². The predicted molar refractivity (Wildman–Crippen MR) is 102 cm³/mol. The van der Waals surface area contributed by atoms with Crippen LogP contribution in [0.25, 0.3) is 5.82 Å². The Morgan fingerprint density at radius 3 is 2.68 bits per heavy atom. The number of nitrogens with zero attached hydrogens (tertiary/aromatic N) is 5. The Morgan fingerprint density at radius 1 is 1.11 bits per heavy atom. The van der Waals surface area contributed by atoms with Gasteiger partial charge in [-0.1, -0.05) is 18.2 Å². The SMILES string of the molecule is NC(=O)c1cccc(CC2CCN(C(=O)c3cccc(-n4cnnc4)n3)C2)c1. The first-order chi connectivity index (χ1) is 13.6. The molecule has 1 saturated heterocycles. The summed E-state index contributed by atoms with van der Waals surface area (Å²) in [6.07, 6.45) is 4.81. The lowest BCUT2D eigenvalue weighted by atomic mass is 9.97. The summed E-state index contributed by atoms with van der Waals surface area (Å²) in [6.45, 7) is 1.36. The molecule has 4 rings (SSSR count). The normalized spacial score (nSPS) is 16.3. The summed E-state index contributed by atoms with van der Waals surface area (Å²) >= 11 is 0. The molecule has 0 radical (unpaired) electrons. The van der Waals surface area contributed by atoms with E-state index in [1.54, 1.807) is 41.5 Å². The van der Waals surface area contributed by atoms with Crippen molar-refractivity contribution in [2.24, 2.45) is 11.7 Å². The van der Waals surface area contributed by atoms with Crippen LogP contribution in [0.5, 0.6) is 0 Å². The molecule has 1 fully saturated rings. The standard InChI is InChI=1S/C20H20N6O2/c21-19(27)16-4-1-3-14(10-16)9-15-7-8-25(11-15)20(28)17-5-2-6-18(24-17)26-12-22-23-13-26/h1-6,10,12-13,15H,7-9,11H2,(H2,21,27). The summed E-state index contributed by atoms with van der Waals surface area (Å²) in [5.41, 5.74) is 7.33. The second kappa shape index (κ2) is 7.59. The van der Waals surface area contributed by atoms with E-state index in [-0.39, 0.29) is 5.91 Å². The molecule has 1 unspecified atom stereocenters. The van der Waals surface area contributed by atoms with Crippen LogP contribution in [0, 0.1) is 5.92 Å². The van der Waals surface area contributed by atoms with E-state index >= 15 is 0 Å². The lowest BCUT2D eigenvalue weighted by Crippen LogP contribution is -2.29. The highest BCUT2D eigenvalue weighted by Gasteiger charge is 2.28. The summed E-state index contributed by atoms with van der Waals surface area (Å²) in [5, 5.41) is 7.53. The van der Waals surface area contributed by atoms with E-state index in [1.165, 1.54) is 0 Å². The maximum Gasteiger partial charge on any atom is 0.272 e. The highest BCUT2D eigenvalue weighted by atomic mass is 16.2. The smallest absolute Gasteiger partial charge is 0.272 e. The fourth-order valence-corrected chi connectivity index (χ4v) is 3.54. The van der Waals surface area contributed by atoms with Crippen molar-refractivity contribution in [3.8, 4) is 5.82 Å². The summed E-state index contributed by atoms with van der Waals surface area (Å²) in [4.78, 5) is 30.5. The number of aromatic nitrogens is 4. The third-order valence-corrected chi connectivity index (χ3v) is 4.95. The van der Waals surface area contributed by atoms with Crippen LogP contribution in [0.15, 0.2) is 55.1 Å². The molecule has 0 bridgehead atoms. The lowest BCUT2D eigenvalue weighted by molar-refractivity contribution is 0.0781. The van der Waals surface area contributed by atoms with E-state index in [9.17, 15) is 9.59 Å². The third kappa shape index (κ3) is 3.75. The Kier molecular flexibility index (Phi) is 4.84. The number of benzene rings is 1. The van der Waals surface area contributed by atoms with Crippen LogP contribution in [0.1, 0.15) is 32.8 Å². The number of likely N-dealkylation sites (tertiary alicyclic amines) is 1. The van der Waals surface area contributed by atoms with E-state index in [2.05, 4.69) is 15.2 Å². The summed E-state index contributed by atoms with van der Waals surface area (Å²) in [5.74, 6) is 0.440. The van der Waals surface area contributed by atoms with Gasteiger partial charge < -0.3 is 10.6 Å². The van der Waals surface area contributed by atoms with Crippen molar-refractivity contribution >= 4 is 11.8 Å². The zero-order chi connectivity index (χ0) is 19.5. The van der Waals surface area contributed by atoms with Crippen LogP contribution >= 0.6 is 0 Å². The third-order valence-electron chi connectivity index (χ3n) is 4.95. The average Bonchev–Trinajstić information content (AvgIpc) is 3.40. The number of carbonyl (C=O) groups excluding carboxylic acids is 2. The molecule has 0 spiro atoms. The van der Waals surface area contributed by atoms with Gasteiger partial charge in [0.2, 0.25) is 5.91 Å². The highest BCUT2D eigenvalue weighted by Crippen LogP contribution is 2.23. The number of amides is 2. The highest BCUT2D eigenvalue weighted by molar-refractivity contribution is 5.93. The molecular formula is C20H20N6O2. The van der Waals surface area contributed by atoms with Crippen molar-refractivity contribution in [1.82, 2.24) is 24.6 Å². The minimum absolute atomic E-state index is 0.0803. The molecular weight excluding hydrogens is 356 g/mol. The predicted octanol–water partition coefficient (Wildman–Crippen LogP) is 1.47. The van der Waals surface area contributed by atoms with Gasteiger partial charge in [0.1, 0.15) is 24.2 Å². The fraction of sp³-hybridized carbons (Fsp3) is 0.250. The number of primary amides is 1. The van der Waals surface area contributed by atoms with Crippen LogP contribution < -0.4 is 5.73 Å². The number of pyridine rings is 1. The number of hydrogen-bond acceptors (Lipinski definition) is 5. The second-order valence-corrected chi connectivity index (χ2v) is 6.92. The fourth-order valence-electron chi connectivity index (χ4n) is 3.54. The number of nitrogens with two attached hydrogens (primary N) is 1. The zero-order valence-electron chi connectivity index (χ0n) is 15.2. The van der Waals surface area contributed by atoms with E-state index < -0.39 is 5.91 Å². The average molecular weight is 376 g/mol. The number of hydrogen-bond donors (Lipinski definition) is 1. The molecule has 1 aliphatic heterocycles. The molecule has 1 atom stereocenters. The van der Waals surface area contributed by atoms with Gasteiger partial charge in [-0.05, 0) is 48.6 Å². The molecule has 1 aromatic carbocycles. The quantitative estimate of drug-likeness (QED) is 0.725. The van der Waals surface area contributed by atoms with Gasteiger partial charge in [0, 0.05) is 18.7 Å². The Morgan fingerprint density at radius 2 is 1.89 bits per heavy atom. The molecule has 0 saturated carbocycles. The van der Waals surface area contributed by atoms with Crippen molar-refractivity contribution in [2.75, 3.05) is 13.1 Å². The van der Waals surface area contributed by atoms with Gasteiger partial charge in [-0.3, -0.25) is 14.2 Å². The molecule has 8 heteroatoms. The molecule has 2 amide bonds. The number of carbonyl (C=O) groups is 2. The first-order valence-electron chi connectivity index (χ1n) is 9.10. The first-order valence-corrected chi connectivity index (χ1v) is 9.10. The van der Waals surface area contributed by atoms with E-state index in [4.69, 9.17) is 5.73 Å². The zero-order valence-corrected chi connectivity index (χ0v) is 15.2. The van der Waals surface area contributed by atoms with Gasteiger partial charge in [0.25, 0.3) is 5.91 Å². The summed E-state index contributed by atoms with van der Waals surface area (Å²) in [6, 6.07) is 12.7. The Hall–Kier alpha value is -3.55. The first kappa shape index (κ1) is 17.8. The van der Waals surface area contributed by atoms with Crippen molar-refractivity contribution in [3.63, 3.8) is 0 Å². The molecule has 3 aromatic rings. The van der Waals surface area contributed by atoms with Crippen LogP contribution in [-0.4, -0.2) is 49.6 Å². The molecule has 1 aliphatic rings. The van der Waals surface area contributed by atoms with Crippen LogP contribution in [0.3, 0.4) is 0 Å². The van der Waals surface area contributed by atoms with Gasteiger partial charge >= 0.3 is 0 Å². The summed E-state index contributed by atoms with van der Waals surface area (Å²) in [7, 11) is 0. The number of rotatable bonds is 5. The minimum Gasteiger partial charge on any atom is -0.366 e. The Labute approximate surface area is 162 Å². The van der Waals surface area contributed by atoms with E-state index in [1.807, 2.05) is 23.1 Å². The lowest BCUT2D eigenvalue weighted by Gasteiger charge is -2.16. The molecule has 142 valence electrons. The second-order valence-electron chi connectivity index (χ2n) is 6.92. The van der Waals surface area contributed by atoms with E-state index in [0.717, 1.165) is 18.4 Å². The van der Waals surface area contributed by atoms with Gasteiger partial charge in [0.15, 0.2) is 0 Å². The molecule has 3 heterocycles. The molecule has 2 aromatic heterocycles. The topological polar surface area (TPSA) is 107 Å². The summed E-state index contributed by atoms with van der Waals surface area (Å²) < 4.78 is 1.66. The maximum atomic E-state index is 12.9. The minimum atomic E-state index is -0.427. The van der Waals surface area contributed by atoms with Gasteiger partial charge in [-0.25, -0.2) is 4.98 Å². The molecule has 0 aliphatic carbocycles. The van der Waals surface area contributed by atoms with Gasteiger partial charge in [0.05, 0.1) is 0 Å². The van der Waals surface area contributed by atoms with Crippen molar-refractivity contribution in [1.29, 1.82) is 0 Å². The van der Waals surface area contributed by atoms with Gasteiger partial charge in [-0.15, -0.1) is 10.2 Å². The largest absolute Gasteiger partial charge is 0.366 e. The Balaban J connectivity index is 1.43. The van der Waals surface area contributed by atoms with Gasteiger partial charge in [-0.2, -0.15) is 0 Å². The van der Waals surface area contributed by atoms with Crippen molar-refractivity contribution in [3.05, 3.63) is 71.9 Å². The molecule has 8 nitrogen and oxygen atoms in total. The van der Waals surface area contributed by atoms with Crippen molar-refractivity contribution in [2.45, 2.75) is 12.8 Å². The Bertz CT molecular complexity index is 1000. The van der Waals surface area contributed by atoms with Crippen molar-refractivity contribution < 1.29 is 9.59 Å². The van der Waals surface area contributed by atoms with Crippen LogP contribution in [0.4, 0.5) is 0 Å². The monoisotopic (exact) mass is 376 g/mol. The molecule has 28 heavy (non-hydrogen) atoms.